The van der Waals surface area contributed by atoms with E-state index in [1.54, 1.807) is 17.0 Å². The molecule has 3 aromatic carbocycles. The van der Waals surface area contributed by atoms with Crippen LogP contribution in [0.5, 0.6) is 5.75 Å². The minimum Gasteiger partial charge on any atom is -0.477 e. The molecule has 2 aliphatic rings. The van der Waals surface area contributed by atoms with Crippen LogP contribution in [0.15, 0.2) is 78.9 Å². The molecule has 0 fully saturated rings. The molecule has 0 bridgehead atoms. The molecule has 5 nitrogen and oxygen atoms in total. The molecule has 1 N–H and O–H groups in total. The Kier molecular flexibility index (Phi) is 3.91. The second-order valence-corrected chi connectivity index (χ2v) is 7.22. The summed E-state index contributed by atoms with van der Waals surface area (Å²) in [4.78, 5) is 29.1. The Morgan fingerprint density at radius 2 is 1.69 bits per heavy atom. The number of benzene rings is 3. The fraction of sp³-hybridized carbons (Fsp3) is 0.167. The second kappa shape index (κ2) is 6.48. The Morgan fingerprint density at radius 3 is 2.48 bits per heavy atom. The summed E-state index contributed by atoms with van der Waals surface area (Å²) >= 11 is 0. The minimum absolute atomic E-state index is 0.176. The van der Waals surface area contributed by atoms with Crippen LogP contribution in [0.4, 0.5) is 11.4 Å². The number of fused-ring (bicyclic) bond motifs is 3. The first-order chi connectivity index (χ1) is 14.2. The van der Waals surface area contributed by atoms with Gasteiger partial charge in [-0.3, -0.25) is 9.59 Å². The molecule has 2 heterocycles. The number of Topliss-reactive ketones (excluding diaryl/α,β-unsaturated/α-hetero) is 1. The minimum atomic E-state index is -1.31. The molecule has 3 aromatic rings. The topological polar surface area (TPSA) is 58.6 Å². The van der Waals surface area contributed by atoms with Crippen LogP contribution in [0.2, 0.25) is 0 Å². The number of carbonyl (C=O) groups is 2. The lowest BCUT2D eigenvalue weighted by molar-refractivity contribution is -0.124. The largest absolute Gasteiger partial charge is 0.477 e. The Bertz CT molecular complexity index is 1110. The Balaban J connectivity index is 1.74. The molecule has 5 heteroatoms. The average molecular weight is 384 g/mol. The van der Waals surface area contributed by atoms with Gasteiger partial charge in [0.05, 0.1) is 5.69 Å². The highest BCUT2D eigenvalue weighted by Gasteiger charge is 2.61. The summed E-state index contributed by atoms with van der Waals surface area (Å²) in [6.07, 6.45) is -1.02. The van der Waals surface area contributed by atoms with E-state index < -0.39 is 11.6 Å². The third-order valence-electron chi connectivity index (χ3n) is 5.67. The van der Waals surface area contributed by atoms with Crippen LogP contribution in [0, 0.1) is 0 Å². The van der Waals surface area contributed by atoms with E-state index in [1.807, 2.05) is 73.7 Å². The van der Waals surface area contributed by atoms with E-state index in [-0.39, 0.29) is 11.7 Å². The van der Waals surface area contributed by atoms with Gasteiger partial charge in [-0.1, -0.05) is 60.7 Å². The second-order valence-electron chi connectivity index (χ2n) is 7.22. The summed E-state index contributed by atoms with van der Waals surface area (Å²) in [5.74, 6) is 0.159. The molecule has 0 radical (unpaired) electrons. The zero-order valence-corrected chi connectivity index (χ0v) is 16.0. The Morgan fingerprint density at radius 1 is 1.00 bits per heavy atom. The van der Waals surface area contributed by atoms with Crippen molar-refractivity contribution in [3.05, 3.63) is 90.0 Å². The Hall–Kier alpha value is -3.60. The smallest absolute Gasteiger partial charge is 0.261 e. The standard InChI is InChI=1S/C24H20N2O3/c1-2-26-19-14-8-6-12-17(19)24(23(26)28)22(21(27)16-10-4-3-5-11-16)29-20-15-9-7-13-18(20)25-24/h3-15,22,25H,2H2,1H3/t22-,24+/m1/s1. The number of ketones is 1. The highest BCUT2D eigenvalue weighted by Crippen LogP contribution is 2.50. The number of nitrogens with one attached hydrogen (secondary N) is 1. The van der Waals surface area contributed by atoms with Gasteiger partial charge in [0.2, 0.25) is 5.78 Å². The summed E-state index contributed by atoms with van der Waals surface area (Å²) in [5, 5.41) is 3.41. The number of anilines is 2. The highest BCUT2D eigenvalue weighted by molar-refractivity contribution is 6.15. The van der Waals surface area contributed by atoms with E-state index in [0.717, 1.165) is 11.3 Å². The third kappa shape index (κ3) is 2.40. The van der Waals surface area contributed by atoms with Gasteiger partial charge in [0, 0.05) is 23.4 Å². The number of ether oxygens (including phenoxy) is 1. The summed E-state index contributed by atoms with van der Waals surface area (Å²) in [5.41, 5.74) is 1.47. The van der Waals surface area contributed by atoms with Crippen LogP contribution < -0.4 is 15.0 Å². The molecule has 144 valence electrons. The van der Waals surface area contributed by atoms with Gasteiger partial charge < -0.3 is 15.0 Å². The number of hydrogen-bond acceptors (Lipinski definition) is 4. The van der Waals surface area contributed by atoms with Crippen molar-refractivity contribution in [3.63, 3.8) is 0 Å². The van der Waals surface area contributed by atoms with Crippen molar-refractivity contribution in [1.29, 1.82) is 0 Å². The number of likely N-dealkylation sites (N-methyl/N-ethyl adjacent to an activating group) is 1. The molecule has 0 unspecified atom stereocenters. The molecule has 2 atom stereocenters. The first-order valence-electron chi connectivity index (χ1n) is 9.71. The number of amides is 1. The highest BCUT2D eigenvalue weighted by atomic mass is 16.5. The Labute approximate surface area is 168 Å². The maximum absolute atomic E-state index is 13.8. The number of hydrogen-bond donors (Lipinski definition) is 1. The molecule has 0 aromatic heterocycles. The van der Waals surface area contributed by atoms with Crippen molar-refractivity contribution < 1.29 is 14.3 Å². The monoisotopic (exact) mass is 384 g/mol. The molecule has 0 aliphatic carbocycles. The van der Waals surface area contributed by atoms with E-state index >= 15 is 0 Å². The maximum atomic E-state index is 13.8. The van der Waals surface area contributed by atoms with Gasteiger partial charge >= 0.3 is 0 Å². The van der Waals surface area contributed by atoms with Crippen molar-refractivity contribution in [1.82, 2.24) is 0 Å². The molecule has 0 saturated carbocycles. The molecule has 29 heavy (non-hydrogen) atoms. The molecule has 5 rings (SSSR count). The quantitative estimate of drug-likeness (QED) is 0.694. The predicted molar refractivity (Wildman–Crippen MR) is 111 cm³/mol. The first-order valence-corrected chi connectivity index (χ1v) is 9.71. The average Bonchev–Trinajstić information content (AvgIpc) is 3.01. The predicted octanol–water partition coefficient (Wildman–Crippen LogP) is 4.00. The maximum Gasteiger partial charge on any atom is 0.261 e. The van der Waals surface area contributed by atoms with Gasteiger partial charge in [-0.25, -0.2) is 0 Å². The molecule has 0 saturated heterocycles. The number of nitrogens with zero attached hydrogens (tertiary/aromatic N) is 1. The van der Waals surface area contributed by atoms with Crippen molar-refractivity contribution in [2.24, 2.45) is 0 Å². The van der Waals surface area contributed by atoms with Crippen LogP contribution in [-0.4, -0.2) is 24.3 Å². The van der Waals surface area contributed by atoms with Crippen LogP contribution in [0.1, 0.15) is 22.8 Å². The van der Waals surface area contributed by atoms with E-state index in [4.69, 9.17) is 4.74 Å². The molecular weight excluding hydrogens is 364 g/mol. The molecule has 1 spiro atoms. The van der Waals surface area contributed by atoms with Crippen molar-refractivity contribution >= 4 is 23.1 Å². The van der Waals surface area contributed by atoms with Crippen molar-refractivity contribution in [2.75, 3.05) is 16.8 Å². The summed E-state index contributed by atoms with van der Waals surface area (Å²) in [6.45, 7) is 2.44. The van der Waals surface area contributed by atoms with Gasteiger partial charge in [-0.15, -0.1) is 0 Å². The fourth-order valence-electron chi connectivity index (χ4n) is 4.34. The van der Waals surface area contributed by atoms with Gasteiger partial charge in [0.1, 0.15) is 5.75 Å². The normalized spacial score (nSPS) is 21.9. The van der Waals surface area contributed by atoms with E-state index in [0.29, 0.717) is 23.5 Å². The van der Waals surface area contributed by atoms with Gasteiger partial charge in [0.25, 0.3) is 5.91 Å². The summed E-state index contributed by atoms with van der Waals surface area (Å²) in [7, 11) is 0. The molecule has 2 aliphatic heterocycles. The summed E-state index contributed by atoms with van der Waals surface area (Å²) in [6, 6.07) is 24.0. The van der Waals surface area contributed by atoms with Gasteiger partial charge in [0.15, 0.2) is 11.6 Å². The third-order valence-corrected chi connectivity index (χ3v) is 5.67. The van der Waals surface area contributed by atoms with E-state index in [1.165, 1.54) is 0 Å². The molecule has 1 amide bonds. The SMILES string of the molecule is CCN1C(=O)[C@]2(Nc3ccccc3O[C@@H]2C(=O)c2ccccc2)c2ccccc21. The lowest BCUT2D eigenvalue weighted by atomic mass is 9.80. The van der Waals surface area contributed by atoms with E-state index in [9.17, 15) is 9.59 Å². The zero-order valence-electron chi connectivity index (χ0n) is 16.0. The fourth-order valence-corrected chi connectivity index (χ4v) is 4.34. The van der Waals surface area contributed by atoms with Crippen LogP contribution in [-0.2, 0) is 10.3 Å². The van der Waals surface area contributed by atoms with Crippen LogP contribution in [0.25, 0.3) is 0 Å². The van der Waals surface area contributed by atoms with Gasteiger partial charge in [-0.2, -0.15) is 0 Å². The number of carbonyl (C=O) groups excluding carboxylic acids is 2. The lowest BCUT2D eigenvalue weighted by Gasteiger charge is -2.41. The zero-order chi connectivity index (χ0) is 20.0. The van der Waals surface area contributed by atoms with Crippen molar-refractivity contribution in [3.8, 4) is 5.75 Å². The number of rotatable bonds is 3. The summed E-state index contributed by atoms with van der Waals surface area (Å²) < 4.78 is 6.25. The molecular formula is C24H20N2O3. The number of para-hydroxylation sites is 3. The van der Waals surface area contributed by atoms with Crippen LogP contribution in [0.3, 0.4) is 0 Å². The van der Waals surface area contributed by atoms with Crippen LogP contribution >= 0.6 is 0 Å². The van der Waals surface area contributed by atoms with Crippen molar-refractivity contribution in [2.45, 2.75) is 18.6 Å². The van der Waals surface area contributed by atoms with Gasteiger partial charge in [-0.05, 0) is 25.1 Å². The lowest BCUT2D eigenvalue weighted by Crippen LogP contribution is -2.60. The van der Waals surface area contributed by atoms with E-state index in [2.05, 4.69) is 5.32 Å². The first kappa shape index (κ1) is 17.5.